The largest absolute Gasteiger partial charge is 0.345 e. The van der Waals surface area contributed by atoms with Crippen LogP contribution in [0.25, 0.3) is 0 Å². The van der Waals surface area contributed by atoms with E-state index in [1.54, 1.807) is 11.3 Å². The summed E-state index contributed by atoms with van der Waals surface area (Å²) in [5.41, 5.74) is 0. The molecule has 1 aliphatic rings. The first-order valence-electron chi connectivity index (χ1n) is 5.16. The fraction of sp³-hybridized carbons (Fsp3) is 0.700. The van der Waals surface area contributed by atoms with Crippen LogP contribution in [0.3, 0.4) is 0 Å². The Bertz CT molecular complexity index is 329. The van der Waals surface area contributed by atoms with E-state index in [2.05, 4.69) is 51.6 Å². The summed E-state index contributed by atoms with van der Waals surface area (Å²) >= 11 is 5.11. The minimum Gasteiger partial charge on any atom is -0.345 e. The highest BCUT2D eigenvalue weighted by Gasteiger charge is 2.27. The zero-order valence-corrected chi connectivity index (χ0v) is 11.7. The molecule has 0 N–H and O–H groups in total. The summed E-state index contributed by atoms with van der Waals surface area (Å²) in [4.78, 5) is 9.28. The highest BCUT2D eigenvalue weighted by molar-refractivity contribution is 9.10. The molecule has 0 spiro atoms. The van der Waals surface area contributed by atoms with Crippen molar-refractivity contribution in [2.24, 2.45) is 0 Å². The molecule has 15 heavy (non-hydrogen) atoms. The molecule has 1 saturated heterocycles. The highest BCUT2D eigenvalue weighted by Crippen LogP contribution is 2.26. The van der Waals surface area contributed by atoms with Gasteiger partial charge in [0.2, 0.25) is 0 Å². The maximum absolute atomic E-state index is 4.47. The molecule has 1 fully saturated rings. The topological polar surface area (TPSA) is 19.4 Å². The number of nitrogens with zero attached hydrogens (tertiary/aromatic N) is 3. The standard InChI is InChI=1S/C10H16BrN3S/c1-7-4-14(5-8(2)13(7)3)10-12-9(11)6-15-10/h6-8H,4-5H2,1-3H3. The number of anilines is 1. The molecule has 1 aromatic heterocycles. The summed E-state index contributed by atoms with van der Waals surface area (Å²) in [6.07, 6.45) is 0. The first-order chi connectivity index (χ1) is 7.08. The summed E-state index contributed by atoms with van der Waals surface area (Å²) in [6.45, 7) is 6.68. The molecule has 2 rings (SSSR count). The quantitative estimate of drug-likeness (QED) is 0.792. The molecule has 0 amide bonds. The Balaban J connectivity index is 2.12. The van der Waals surface area contributed by atoms with E-state index in [-0.39, 0.29) is 0 Å². The van der Waals surface area contributed by atoms with Gasteiger partial charge in [-0.2, -0.15) is 0 Å². The lowest BCUT2D eigenvalue weighted by Crippen LogP contribution is -2.55. The Morgan fingerprint density at radius 2 is 2.00 bits per heavy atom. The van der Waals surface area contributed by atoms with Gasteiger partial charge >= 0.3 is 0 Å². The van der Waals surface area contributed by atoms with Crippen LogP contribution in [0.5, 0.6) is 0 Å². The van der Waals surface area contributed by atoms with Crippen LogP contribution < -0.4 is 4.90 Å². The monoisotopic (exact) mass is 289 g/mol. The Hall–Kier alpha value is -0.130. The third-order valence-electron chi connectivity index (χ3n) is 3.09. The van der Waals surface area contributed by atoms with E-state index < -0.39 is 0 Å². The number of thiazole rings is 1. The van der Waals surface area contributed by atoms with Crippen molar-refractivity contribution in [3.05, 3.63) is 9.98 Å². The lowest BCUT2D eigenvalue weighted by atomic mass is 10.1. The molecular weight excluding hydrogens is 274 g/mol. The molecule has 2 heterocycles. The Morgan fingerprint density at radius 1 is 1.40 bits per heavy atom. The molecular formula is C10H16BrN3S. The number of hydrogen-bond donors (Lipinski definition) is 0. The van der Waals surface area contributed by atoms with Crippen LogP contribution in [0.4, 0.5) is 5.13 Å². The van der Waals surface area contributed by atoms with Crippen molar-refractivity contribution in [1.82, 2.24) is 9.88 Å². The van der Waals surface area contributed by atoms with Crippen molar-refractivity contribution in [1.29, 1.82) is 0 Å². The van der Waals surface area contributed by atoms with Gasteiger partial charge in [0.25, 0.3) is 0 Å². The predicted octanol–water partition coefficient (Wildman–Crippen LogP) is 2.43. The summed E-state index contributed by atoms with van der Waals surface area (Å²) in [5.74, 6) is 0. The lowest BCUT2D eigenvalue weighted by Gasteiger charge is -2.42. The predicted molar refractivity (Wildman–Crippen MR) is 68.7 cm³/mol. The zero-order chi connectivity index (χ0) is 11.0. The number of aromatic nitrogens is 1. The van der Waals surface area contributed by atoms with Crippen LogP contribution >= 0.6 is 27.3 Å². The second-order valence-corrected chi connectivity index (χ2v) is 5.87. The van der Waals surface area contributed by atoms with Gasteiger partial charge in [-0.25, -0.2) is 4.98 Å². The van der Waals surface area contributed by atoms with E-state index in [1.165, 1.54) is 0 Å². The Kier molecular flexibility index (Phi) is 3.33. The third kappa shape index (κ3) is 2.34. The molecule has 2 atom stereocenters. The fourth-order valence-electron chi connectivity index (χ4n) is 1.95. The van der Waals surface area contributed by atoms with E-state index in [4.69, 9.17) is 0 Å². The summed E-state index contributed by atoms with van der Waals surface area (Å²) in [7, 11) is 2.20. The molecule has 1 aliphatic heterocycles. The molecule has 84 valence electrons. The van der Waals surface area contributed by atoms with Crippen LogP contribution in [-0.2, 0) is 0 Å². The SMILES string of the molecule is CC1CN(c2nc(Br)cs2)CC(C)N1C. The number of hydrogen-bond acceptors (Lipinski definition) is 4. The van der Waals surface area contributed by atoms with E-state index in [0.717, 1.165) is 22.8 Å². The van der Waals surface area contributed by atoms with Crippen molar-refractivity contribution in [2.45, 2.75) is 25.9 Å². The van der Waals surface area contributed by atoms with Gasteiger partial charge in [-0.1, -0.05) is 0 Å². The zero-order valence-electron chi connectivity index (χ0n) is 9.27. The first-order valence-corrected chi connectivity index (χ1v) is 6.83. The summed E-state index contributed by atoms with van der Waals surface area (Å²) < 4.78 is 0.946. The lowest BCUT2D eigenvalue weighted by molar-refractivity contribution is 0.170. The first kappa shape index (κ1) is 11.4. The maximum atomic E-state index is 4.47. The van der Waals surface area contributed by atoms with Gasteiger partial charge in [-0.05, 0) is 36.8 Å². The number of halogens is 1. The molecule has 0 radical (unpaired) electrons. The van der Waals surface area contributed by atoms with Gasteiger partial charge in [0.1, 0.15) is 4.60 Å². The minimum absolute atomic E-state index is 0.594. The Morgan fingerprint density at radius 3 is 2.47 bits per heavy atom. The molecule has 0 bridgehead atoms. The van der Waals surface area contributed by atoms with Crippen LogP contribution in [0, 0.1) is 0 Å². The molecule has 0 aliphatic carbocycles. The van der Waals surface area contributed by atoms with E-state index >= 15 is 0 Å². The second-order valence-electron chi connectivity index (χ2n) is 4.22. The normalized spacial score (nSPS) is 28.4. The highest BCUT2D eigenvalue weighted by atomic mass is 79.9. The van der Waals surface area contributed by atoms with Gasteiger partial charge in [-0.3, -0.25) is 4.90 Å². The maximum Gasteiger partial charge on any atom is 0.186 e. The fourth-order valence-corrected chi connectivity index (χ4v) is 3.22. The van der Waals surface area contributed by atoms with Crippen LogP contribution in [-0.4, -0.2) is 42.1 Å². The van der Waals surface area contributed by atoms with Crippen molar-refractivity contribution >= 4 is 32.4 Å². The smallest absolute Gasteiger partial charge is 0.186 e. The molecule has 0 aromatic carbocycles. The second kappa shape index (κ2) is 4.39. The van der Waals surface area contributed by atoms with Gasteiger partial charge < -0.3 is 4.90 Å². The van der Waals surface area contributed by atoms with Crippen LogP contribution in [0.15, 0.2) is 9.98 Å². The average molecular weight is 290 g/mol. The van der Waals surface area contributed by atoms with Crippen molar-refractivity contribution in [3.63, 3.8) is 0 Å². The van der Waals surface area contributed by atoms with Crippen LogP contribution in [0.2, 0.25) is 0 Å². The molecule has 1 aromatic rings. The van der Waals surface area contributed by atoms with Gasteiger partial charge in [-0.15, -0.1) is 11.3 Å². The van der Waals surface area contributed by atoms with E-state index in [1.807, 2.05) is 5.38 Å². The summed E-state index contributed by atoms with van der Waals surface area (Å²) in [6, 6.07) is 1.19. The molecule has 0 saturated carbocycles. The average Bonchev–Trinajstić information content (AvgIpc) is 2.60. The number of likely N-dealkylation sites (N-methyl/N-ethyl adjacent to an activating group) is 1. The minimum atomic E-state index is 0.594. The van der Waals surface area contributed by atoms with Crippen molar-refractivity contribution in [3.8, 4) is 0 Å². The van der Waals surface area contributed by atoms with E-state index in [0.29, 0.717) is 12.1 Å². The van der Waals surface area contributed by atoms with Gasteiger partial charge in [0.15, 0.2) is 5.13 Å². The number of piperazine rings is 1. The van der Waals surface area contributed by atoms with Crippen molar-refractivity contribution in [2.75, 3.05) is 25.0 Å². The number of rotatable bonds is 1. The molecule has 3 nitrogen and oxygen atoms in total. The summed E-state index contributed by atoms with van der Waals surface area (Å²) in [5, 5.41) is 3.18. The molecule has 5 heteroatoms. The molecule has 2 unspecified atom stereocenters. The van der Waals surface area contributed by atoms with Gasteiger partial charge in [0, 0.05) is 30.6 Å². The van der Waals surface area contributed by atoms with Crippen LogP contribution in [0.1, 0.15) is 13.8 Å². The van der Waals surface area contributed by atoms with Crippen molar-refractivity contribution < 1.29 is 0 Å². The Labute approximate surface area is 103 Å². The van der Waals surface area contributed by atoms with E-state index in [9.17, 15) is 0 Å². The van der Waals surface area contributed by atoms with Gasteiger partial charge in [0.05, 0.1) is 0 Å². The third-order valence-corrected chi connectivity index (χ3v) is 4.70.